The lowest BCUT2D eigenvalue weighted by Crippen LogP contribution is -2.21. The molecule has 0 amide bonds. The highest BCUT2D eigenvalue weighted by atomic mass is 79.9. The van der Waals surface area contributed by atoms with Crippen molar-refractivity contribution in [2.24, 2.45) is 0 Å². The summed E-state index contributed by atoms with van der Waals surface area (Å²) in [4.78, 5) is 7.17. The first kappa shape index (κ1) is 13.6. The summed E-state index contributed by atoms with van der Waals surface area (Å²) in [7, 11) is 0. The van der Waals surface area contributed by atoms with Gasteiger partial charge < -0.3 is 10.6 Å². The van der Waals surface area contributed by atoms with Crippen molar-refractivity contribution in [2.45, 2.75) is 12.8 Å². The van der Waals surface area contributed by atoms with Gasteiger partial charge in [0.1, 0.15) is 11.6 Å². The second-order valence-electron chi connectivity index (χ2n) is 5.48. The van der Waals surface area contributed by atoms with Crippen molar-refractivity contribution in [3.05, 3.63) is 41.0 Å². The largest absolute Gasteiger partial charge is 0.383 e. The molecule has 2 N–H and O–H groups in total. The number of benzene rings is 1. The fourth-order valence-corrected chi connectivity index (χ4v) is 3.36. The molecule has 1 aliphatic heterocycles. The first-order valence-electron chi connectivity index (χ1n) is 7.39. The van der Waals surface area contributed by atoms with Gasteiger partial charge in [0.25, 0.3) is 0 Å². The van der Waals surface area contributed by atoms with E-state index in [1.165, 1.54) is 12.8 Å². The van der Waals surface area contributed by atoms with Gasteiger partial charge in [-0.25, -0.2) is 4.98 Å². The fourth-order valence-electron chi connectivity index (χ4n) is 3.02. The average Bonchev–Trinajstić information content (AvgIpc) is 3.18. The molecule has 0 radical (unpaired) electrons. The van der Waals surface area contributed by atoms with E-state index in [-0.39, 0.29) is 0 Å². The van der Waals surface area contributed by atoms with Gasteiger partial charge in [-0.1, -0.05) is 30.3 Å². The molecule has 22 heavy (non-hydrogen) atoms. The van der Waals surface area contributed by atoms with Gasteiger partial charge in [0.2, 0.25) is 0 Å². The van der Waals surface area contributed by atoms with E-state index < -0.39 is 0 Å². The van der Waals surface area contributed by atoms with Crippen molar-refractivity contribution < 1.29 is 0 Å². The van der Waals surface area contributed by atoms with E-state index in [0.29, 0.717) is 5.82 Å². The van der Waals surface area contributed by atoms with Crippen molar-refractivity contribution in [2.75, 3.05) is 23.7 Å². The molecule has 4 rings (SSSR count). The molecule has 0 spiro atoms. The quantitative estimate of drug-likeness (QED) is 0.763. The van der Waals surface area contributed by atoms with Crippen molar-refractivity contribution in [1.82, 2.24) is 14.6 Å². The van der Waals surface area contributed by atoms with Crippen LogP contribution in [0.2, 0.25) is 0 Å². The molecule has 0 aliphatic carbocycles. The highest BCUT2D eigenvalue weighted by Gasteiger charge is 2.23. The molecule has 112 valence electrons. The molecular formula is C16H16BrN5. The number of fused-ring (bicyclic) bond motifs is 1. The molecule has 2 aromatic heterocycles. The Morgan fingerprint density at radius 1 is 1.09 bits per heavy atom. The van der Waals surface area contributed by atoms with Gasteiger partial charge in [-0.2, -0.15) is 9.61 Å². The van der Waals surface area contributed by atoms with Gasteiger partial charge in [0.05, 0.1) is 16.2 Å². The monoisotopic (exact) mass is 357 g/mol. The Balaban J connectivity index is 2.03. The molecule has 0 bridgehead atoms. The minimum Gasteiger partial charge on any atom is -0.383 e. The van der Waals surface area contributed by atoms with Crippen LogP contribution in [0.4, 0.5) is 11.6 Å². The summed E-state index contributed by atoms with van der Waals surface area (Å²) >= 11 is 3.50. The molecule has 1 fully saturated rings. The Morgan fingerprint density at radius 3 is 2.55 bits per heavy atom. The van der Waals surface area contributed by atoms with Crippen LogP contribution in [-0.4, -0.2) is 27.7 Å². The lowest BCUT2D eigenvalue weighted by atomic mass is 10.1. The second kappa shape index (κ2) is 5.28. The normalized spacial score (nSPS) is 14.9. The van der Waals surface area contributed by atoms with Gasteiger partial charge in [-0.05, 0) is 34.3 Å². The van der Waals surface area contributed by atoms with Crippen LogP contribution in [0.25, 0.3) is 16.8 Å². The SMILES string of the molecule is Nc1c(-c2ccccc2)c(N2CCCC2)nc2c(Br)cnn12. The number of halogens is 1. The number of anilines is 2. The summed E-state index contributed by atoms with van der Waals surface area (Å²) in [6, 6.07) is 10.2. The third-order valence-corrected chi connectivity index (χ3v) is 4.65. The van der Waals surface area contributed by atoms with E-state index in [1.807, 2.05) is 18.2 Å². The second-order valence-corrected chi connectivity index (χ2v) is 6.34. The van der Waals surface area contributed by atoms with Crippen molar-refractivity contribution in [1.29, 1.82) is 0 Å². The zero-order chi connectivity index (χ0) is 15.1. The minimum atomic E-state index is 0.629. The standard InChI is InChI=1S/C16H16BrN5/c17-12-10-19-22-14(18)13(11-6-2-1-3-7-11)16(20-15(12)22)21-8-4-5-9-21/h1-3,6-7,10H,4-5,8-9,18H2. The number of rotatable bonds is 2. The Hall–Kier alpha value is -2.08. The lowest BCUT2D eigenvalue weighted by molar-refractivity contribution is 0.909. The van der Waals surface area contributed by atoms with E-state index in [9.17, 15) is 0 Å². The van der Waals surface area contributed by atoms with Crippen molar-refractivity contribution in [3.8, 4) is 11.1 Å². The van der Waals surface area contributed by atoms with Crippen molar-refractivity contribution >= 4 is 33.2 Å². The Labute approximate surface area is 136 Å². The van der Waals surface area contributed by atoms with Crippen LogP contribution in [0.15, 0.2) is 41.0 Å². The number of aromatic nitrogens is 3. The predicted molar refractivity (Wildman–Crippen MR) is 92.0 cm³/mol. The smallest absolute Gasteiger partial charge is 0.173 e. The molecule has 5 nitrogen and oxygen atoms in total. The number of hydrogen-bond donors (Lipinski definition) is 1. The van der Waals surface area contributed by atoms with E-state index in [0.717, 1.165) is 40.2 Å². The zero-order valence-corrected chi connectivity index (χ0v) is 13.6. The number of nitrogens with zero attached hydrogens (tertiary/aromatic N) is 4. The Bertz CT molecular complexity index is 821. The third-order valence-electron chi connectivity index (χ3n) is 4.09. The van der Waals surface area contributed by atoms with Gasteiger partial charge in [-0.3, -0.25) is 0 Å². The predicted octanol–water partition coefficient (Wildman–Crippen LogP) is 3.34. The zero-order valence-electron chi connectivity index (χ0n) is 12.0. The summed E-state index contributed by atoms with van der Waals surface area (Å²) in [5.41, 5.74) is 9.24. The summed E-state index contributed by atoms with van der Waals surface area (Å²) in [6.45, 7) is 2.04. The summed E-state index contributed by atoms with van der Waals surface area (Å²) in [6.07, 6.45) is 4.13. The average molecular weight is 358 g/mol. The Kier molecular flexibility index (Phi) is 3.26. The maximum absolute atomic E-state index is 6.45. The third kappa shape index (κ3) is 2.06. The van der Waals surface area contributed by atoms with Crippen LogP contribution in [0.3, 0.4) is 0 Å². The molecule has 3 heterocycles. The van der Waals surface area contributed by atoms with E-state index in [2.05, 4.69) is 38.1 Å². The maximum atomic E-state index is 6.45. The van der Waals surface area contributed by atoms with E-state index in [4.69, 9.17) is 10.7 Å². The number of hydrogen-bond acceptors (Lipinski definition) is 4. The Morgan fingerprint density at radius 2 is 1.82 bits per heavy atom. The molecule has 1 aromatic carbocycles. The molecule has 3 aromatic rings. The molecule has 0 atom stereocenters. The molecule has 1 saturated heterocycles. The van der Waals surface area contributed by atoms with Gasteiger partial charge in [0, 0.05) is 13.1 Å². The molecule has 1 aliphatic rings. The number of nitrogens with two attached hydrogens (primary N) is 1. The van der Waals surface area contributed by atoms with E-state index in [1.54, 1.807) is 10.7 Å². The number of nitrogen functional groups attached to an aromatic ring is 1. The highest BCUT2D eigenvalue weighted by molar-refractivity contribution is 9.10. The molecule has 6 heteroatoms. The van der Waals surface area contributed by atoms with Crippen LogP contribution in [-0.2, 0) is 0 Å². The maximum Gasteiger partial charge on any atom is 0.173 e. The van der Waals surface area contributed by atoms with Crippen LogP contribution < -0.4 is 10.6 Å². The van der Waals surface area contributed by atoms with Crippen LogP contribution >= 0.6 is 15.9 Å². The van der Waals surface area contributed by atoms with E-state index >= 15 is 0 Å². The lowest BCUT2D eigenvalue weighted by Gasteiger charge is -2.22. The molecule has 0 unspecified atom stereocenters. The topological polar surface area (TPSA) is 59.5 Å². The van der Waals surface area contributed by atoms with Crippen LogP contribution in [0, 0.1) is 0 Å². The van der Waals surface area contributed by atoms with Gasteiger partial charge in [0.15, 0.2) is 5.65 Å². The summed E-state index contributed by atoms with van der Waals surface area (Å²) in [5, 5.41) is 4.34. The molecule has 0 saturated carbocycles. The van der Waals surface area contributed by atoms with Crippen LogP contribution in [0.5, 0.6) is 0 Å². The van der Waals surface area contributed by atoms with Gasteiger partial charge >= 0.3 is 0 Å². The summed E-state index contributed by atoms with van der Waals surface area (Å²) in [5.74, 6) is 1.58. The fraction of sp³-hybridized carbons (Fsp3) is 0.250. The highest BCUT2D eigenvalue weighted by Crippen LogP contribution is 2.37. The molecular weight excluding hydrogens is 342 g/mol. The minimum absolute atomic E-state index is 0.629. The van der Waals surface area contributed by atoms with Crippen LogP contribution in [0.1, 0.15) is 12.8 Å². The van der Waals surface area contributed by atoms with Crippen molar-refractivity contribution in [3.63, 3.8) is 0 Å². The van der Waals surface area contributed by atoms with Gasteiger partial charge in [-0.15, -0.1) is 0 Å². The summed E-state index contributed by atoms with van der Waals surface area (Å²) < 4.78 is 2.56. The first-order valence-corrected chi connectivity index (χ1v) is 8.18. The first-order chi connectivity index (χ1) is 10.8.